The maximum absolute atomic E-state index is 15.1. The van der Waals surface area contributed by atoms with Crippen LogP contribution in [0.25, 0.3) is 0 Å². The molecular weight excluding hydrogens is 385 g/mol. The van der Waals surface area contributed by atoms with Gasteiger partial charge in [-0.25, -0.2) is 4.39 Å². The van der Waals surface area contributed by atoms with E-state index in [1.165, 1.54) is 30.7 Å². The zero-order valence-corrected chi connectivity index (χ0v) is 17.1. The number of hydrogen-bond donors (Lipinski definition) is 2. The number of hydrazone groups is 1. The number of hydrogen-bond acceptors (Lipinski definition) is 4. The number of nitrogens with zero attached hydrogens (tertiary/aromatic N) is 3. The third-order valence-corrected chi connectivity index (χ3v) is 5.87. The molecule has 0 saturated carbocycles. The average molecular weight is 412 g/mol. The zero-order chi connectivity index (χ0) is 20.2. The lowest BCUT2D eigenvalue weighted by Gasteiger charge is -2.45. The van der Waals surface area contributed by atoms with Crippen LogP contribution in [0.2, 0.25) is 0 Å². The summed E-state index contributed by atoms with van der Waals surface area (Å²) in [5.41, 5.74) is 10.5. The van der Waals surface area contributed by atoms with Crippen LogP contribution in [-0.4, -0.2) is 47.9 Å². The van der Waals surface area contributed by atoms with Gasteiger partial charge in [-0.05, 0) is 61.3 Å². The van der Waals surface area contributed by atoms with Crippen LogP contribution >= 0.6 is 12.2 Å². The third kappa shape index (κ3) is 4.74. The predicted molar refractivity (Wildman–Crippen MR) is 120 cm³/mol. The second-order valence-corrected chi connectivity index (χ2v) is 8.17. The van der Waals surface area contributed by atoms with Crippen molar-refractivity contribution in [3.8, 4) is 0 Å². The molecule has 0 spiro atoms. The van der Waals surface area contributed by atoms with Gasteiger partial charge < -0.3 is 10.6 Å². The fourth-order valence-corrected chi connectivity index (χ4v) is 4.50. The smallest absolute Gasteiger partial charge is 0.184 e. The number of benzene rings is 2. The van der Waals surface area contributed by atoms with Crippen molar-refractivity contribution in [2.45, 2.75) is 31.3 Å². The monoisotopic (exact) mass is 411 g/mol. The Bertz CT molecular complexity index is 888. The lowest BCUT2D eigenvalue weighted by Crippen LogP contribution is -2.57. The average Bonchev–Trinajstić information content (AvgIpc) is 3.16. The number of nitrogens with two attached hydrogens (primary N) is 1. The second kappa shape index (κ2) is 8.88. The van der Waals surface area contributed by atoms with Crippen LogP contribution in [0.5, 0.6) is 0 Å². The second-order valence-electron chi connectivity index (χ2n) is 7.73. The van der Waals surface area contributed by atoms with Gasteiger partial charge in [0, 0.05) is 25.2 Å². The Morgan fingerprint density at radius 2 is 2.07 bits per heavy atom. The minimum Gasteiger partial charge on any atom is -0.375 e. The Labute approximate surface area is 176 Å². The molecule has 2 saturated heterocycles. The van der Waals surface area contributed by atoms with Crippen molar-refractivity contribution in [1.29, 1.82) is 0 Å². The van der Waals surface area contributed by atoms with Gasteiger partial charge in [0.05, 0.1) is 11.9 Å². The van der Waals surface area contributed by atoms with Gasteiger partial charge in [-0.1, -0.05) is 36.4 Å². The maximum Gasteiger partial charge on any atom is 0.184 e. The highest BCUT2D eigenvalue weighted by Gasteiger charge is 2.37. The molecule has 4 rings (SSSR count). The highest BCUT2D eigenvalue weighted by Crippen LogP contribution is 2.31. The van der Waals surface area contributed by atoms with Crippen molar-refractivity contribution in [3.63, 3.8) is 0 Å². The van der Waals surface area contributed by atoms with E-state index in [-0.39, 0.29) is 17.0 Å². The standard InChI is InChI=1S/C22H26FN5S/c23-20-12-17(13-25-26-22(24)29)8-9-21(20)28-15-18-7-4-10-27(18)14-19(28)11-16-5-2-1-3-6-16/h1-3,5-6,8-9,12-13,18-19H,4,7,10-11,14-15H2,(H3,24,26,29)/t18-,19-/m0/s1. The number of nitrogens with one attached hydrogen (secondary N) is 1. The van der Waals surface area contributed by atoms with Crippen molar-refractivity contribution in [2.24, 2.45) is 10.8 Å². The minimum absolute atomic E-state index is 0.0801. The summed E-state index contributed by atoms with van der Waals surface area (Å²) in [6.45, 7) is 2.99. The van der Waals surface area contributed by atoms with Crippen LogP contribution in [0.4, 0.5) is 10.1 Å². The van der Waals surface area contributed by atoms with Crippen LogP contribution in [0, 0.1) is 5.82 Å². The van der Waals surface area contributed by atoms with Gasteiger partial charge in [0.15, 0.2) is 5.11 Å². The molecule has 0 aromatic heterocycles. The van der Waals surface area contributed by atoms with Crippen LogP contribution in [0.15, 0.2) is 53.6 Å². The highest BCUT2D eigenvalue weighted by molar-refractivity contribution is 7.80. The molecule has 0 bridgehead atoms. The molecule has 0 radical (unpaired) electrons. The van der Waals surface area contributed by atoms with Crippen molar-refractivity contribution in [1.82, 2.24) is 10.3 Å². The molecular formula is C22H26FN5S. The third-order valence-electron chi connectivity index (χ3n) is 5.78. The van der Waals surface area contributed by atoms with E-state index in [4.69, 9.17) is 18.0 Å². The zero-order valence-electron chi connectivity index (χ0n) is 16.3. The number of thiocarbonyl (C=S) groups is 1. The van der Waals surface area contributed by atoms with Crippen LogP contribution in [0.3, 0.4) is 0 Å². The van der Waals surface area contributed by atoms with Gasteiger partial charge in [-0.15, -0.1) is 0 Å². The number of halogens is 1. The topological polar surface area (TPSA) is 56.9 Å². The summed E-state index contributed by atoms with van der Waals surface area (Å²) >= 11 is 4.71. The van der Waals surface area contributed by atoms with E-state index in [1.54, 1.807) is 0 Å². The molecule has 0 unspecified atom stereocenters. The minimum atomic E-state index is -0.228. The van der Waals surface area contributed by atoms with E-state index in [9.17, 15) is 0 Å². The van der Waals surface area contributed by atoms with Crippen molar-refractivity contribution >= 4 is 29.2 Å². The van der Waals surface area contributed by atoms with Crippen LogP contribution in [0.1, 0.15) is 24.0 Å². The van der Waals surface area contributed by atoms with E-state index in [2.05, 4.69) is 44.6 Å². The van der Waals surface area contributed by atoms with Gasteiger partial charge >= 0.3 is 0 Å². The molecule has 2 heterocycles. The Hall–Kier alpha value is -2.51. The van der Waals surface area contributed by atoms with Gasteiger partial charge in [0.25, 0.3) is 0 Å². The number of fused-ring (bicyclic) bond motifs is 1. The number of rotatable bonds is 5. The molecule has 0 amide bonds. The molecule has 152 valence electrons. The highest BCUT2D eigenvalue weighted by atomic mass is 32.1. The van der Waals surface area contributed by atoms with E-state index in [1.807, 2.05) is 18.2 Å². The summed E-state index contributed by atoms with van der Waals surface area (Å²) in [7, 11) is 0. The molecule has 3 N–H and O–H groups in total. The first-order chi connectivity index (χ1) is 14.1. The summed E-state index contributed by atoms with van der Waals surface area (Å²) in [6, 6.07) is 16.5. The van der Waals surface area contributed by atoms with Crippen molar-refractivity contribution in [2.75, 3.05) is 24.5 Å². The quantitative estimate of drug-likeness (QED) is 0.450. The summed E-state index contributed by atoms with van der Waals surface area (Å²) < 4.78 is 15.1. The number of anilines is 1. The molecule has 29 heavy (non-hydrogen) atoms. The first-order valence-electron chi connectivity index (χ1n) is 10.0. The lowest BCUT2D eigenvalue weighted by molar-refractivity contribution is 0.195. The van der Waals surface area contributed by atoms with Gasteiger partial charge in [-0.3, -0.25) is 10.3 Å². The molecule has 2 aromatic rings. The Morgan fingerprint density at radius 3 is 2.83 bits per heavy atom. The lowest BCUT2D eigenvalue weighted by atomic mass is 9.98. The molecule has 2 aliphatic rings. The van der Waals surface area contributed by atoms with Crippen LogP contribution in [-0.2, 0) is 6.42 Å². The van der Waals surface area contributed by atoms with E-state index in [0.717, 1.165) is 26.1 Å². The predicted octanol–water partition coefficient (Wildman–Crippen LogP) is 2.89. The fourth-order valence-electron chi connectivity index (χ4n) is 4.45. The van der Waals surface area contributed by atoms with E-state index >= 15 is 4.39 Å². The van der Waals surface area contributed by atoms with Gasteiger partial charge in [-0.2, -0.15) is 5.10 Å². The summed E-state index contributed by atoms with van der Waals surface area (Å²) in [4.78, 5) is 4.84. The number of piperazine rings is 1. The van der Waals surface area contributed by atoms with Crippen LogP contribution < -0.4 is 16.1 Å². The van der Waals surface area contributed by atoms with Crippen molar-refractivity contribution < 1.29 is 4.39 Å². The fraction of sp³-hybridized carbons (Fsp3) is 0.364. The summed E-state index contributed by atoms with van der Waals surface area (Å²) in [5.74, 6) is -0.228. The molecule has 7 heteroatoms. The Morgan fingerprint density at radius 1 is 1.24 bits per heavy atom. The maximum atomic E-state index is 15.1. The normalized spacial score (nSPS) is 22.0. The Kier molecular flexibility index (Phi) is 6.06. The molecule has 2 aliphatic heterocycles. The summed E-state index contributed by atoms with van der Waals surface area (Å²) in [6.07, 6.45) is 4.84. The molecule has 2 aromatic carbocycles. The molecule has 5 nitrogen and oxygen atoms in total. The van der Waals surface area contributed by atoms with Gasteiger partial charge in [0.2, 0.25) is 0 Å². The Balaban J connectivity index is 1.57. The molecule has 2 atom stereocenters. The van der Waals surface area contributed by atoms with Gasteiger partial charge in [0.1, 0.15) is 5.82 Å². The van der Waals surface area contributed by atoms with Crippen molar-refractivity contribution in [3.05, 3.63) is 65.5 Å². The van der Waals surface area contributed by atoms with E-state index in [0.29, 0.717) is 17.3 Å². The first-order valence-corrected chi connectivity index (χ1v) is 10.4. The molecule has 0 aliphatic carbocycles. The summed E-state index contributed by atoms with van der Waals surface area (Å²) in [5, 5.41) is 3.99. The van der Waals surface area contributed by atoms with E-state index < -0.39 is 0 Å². The largest absolute Gasteiger partial charge is 0.375 e. The molecule has 2 fully saturated rings. The first kappa shape index (κ1) is 19.8. The SMILES string of the molecule is NC(=S)NN=Cc1ccc(N2C[C@@H]3CCCN3C[C@@H]2Cc2ccccc2)c(F)c1.